The lowest BCUT2D eigenvalue weighted by Crippen LogP contribution is -2.22. The third kappa shape index (κ3) is 4.45. The molecule has 0 saturated heterocycles. The van der Waals surface area contributed by atoms with Crippen LogP contribution in [0.5, 0.6) is 11.5 Å². The minimum absolute atomic E-state index is 0.215. The number of carbonyl (C=O) groups is 1. The summed E-state index contributed by atoms with van der Waals surface area (Å²) in [4.78, 5) is 13.1. The van der Waals surface area contributed by atoms with Gasteiger partial charge >= 0.3 is 5.97 Å². The molecule has 0 aliphatic heterocycles. The number of hydrogen-bond donors (Lipinski definition) is 0. The molecular weight excluding hydrogens is 360 g/mol. The average Bonchev–Trinajstić information content (AvgIpc) is 2.65. The van der Waals surface area contributed by atoms with Crippen LogP contribution in [0.4, 0.5) is 0 Å². The van der Waals surface area contributed by atoms with Gasteiger partial charge in [0.1, 0.15) is 11.5 Å². The van der Waals surface area contributed by atoms with Crippen LogP contribution in [0.25, 0.3) is 10.8 Å². The molecule has 3 aromatic rings. The topological polar surface area (TPSA) is 35.5 Å². The summed E-state index contributed by atoms with van der Waals surface area (Å²) in [5, 5.41) is 2.11. The van der Waals surface area contributed by atoms with Crippen molar-refractivity contribution < 1.29 is 14.3 Å². The molecule has 0 bridgehead atoms. The van der Waals surface area contributed by atoms with Gasteiger partial charge in [-0.2, -0.15) is 0 Å². The molecule has 0 N–H and O–H groups in total. The van der Waals surface area contributed by atoms with Gasteiger partial charge in [-0.25, -0.2) is 4.79 Å². The van der Waals surface area contributed by atoms with Crippen LogP contribution in [0.3, 0.4) is 0 Å². The van der Waals surface area contributed by atoms with E-state index in [0.717, 1.165) is 27.6 Å². The van der Waals surface area contributed by atoms with Crippen molar-refractivity contribution in [1.82, 2.24) is 0 Å². The molecule has 0 radical (unpaired) electrons. The van der Waals surface area contributed by atoms with E-state index in [1.165, 1.54) is 0 Å². The average molecular weight is 391 g/mol. The minimum Gasteiger partial charge on any atom is -0.497 e. The number of rotatable bonds is 3. The molecule has 3 aromatic carbocycles. The summed E-state index contributed by atoms with van der Waals surface area (Å²) in [5.74, 6) is 1.05. The van der Waals surface area contributed by atoms with E-state index in [9.17, 15) is 4.79 Å². The number of methoxy groups -OCH3 is 1. The first kappa shape index (κ1) is 20.9. The van der Waals surface area contributed by atoms with Gasteiger partial charge in [-0.15, -0.1) is 0 Å². The highest BCUT2D eigenvalue weighted by atomic mass is 16.5. The molecule has 3 heteroatoms. The van der Waals surface area contributed by atoms with E-state index >= 15 is 0 Å². The van der Waals surface area contributed by atoms with Crippen molar-refractivity contribution in [2.45, 2.75) is 52.4 Å². The third-order valence-corrected chi connectivity index (χ3v) is 5.09. The summed E-state index contributed by atoms with van der Waals surface area (Å²) in [6.07, 6.45) is 0. The second kappa shape index (κ2) is 7.55. The maximum atomic E-state index is 13.1. The molecule has 0 saturated carbocycles. The molecule has 0 aliphatic carbocycles. The molecule has 3 nitrogen and oxygen atoms in total. The second-order valence-electron chi connectivity index (χ2n) is 9.50. The van der Waals surface area contributed by atoms with Crippen LogP contribution in [-0.4, -0.2) is 13.1 Å². The van der Waals surface area contributed by atoms with E-state index in [4.69, 9.17) is 9.47 Å². The standard InChI is InChI=1S/C26H30O3/c1-25(2,3)21-15-20(28-7)16-22(26(4,5)6)23(21)29-24(27)19-13-12-17-10-8-9-11-18(17)14-19/h8-16H,1-7H3. The number of hydrogen-bond acceptors (Lipinski definition) is 3. The van der Waals surface area contributed by atoms with E-state index < -0.39 is 0 Å². The van der Waals surface area contributed by atoms with Gasteiger partial charge in [0.2, 0.25) is 0 Å². The van der Waals surface area contributed by atoms with Crippen LogP contribution in [0.15, 0.2) is 54.6 Å². The first-order valence-corrected chi connectivity index (χ1v) is 9.94. The van der Waals surface area contributed by atoms with Gasteiger partial charge in [-0.1, -0.05) is 71.9 Å². The van der Waals surface area contributed by atoms with E-state index in [2.05, 4.69) is 41.5 Å². The predicted molar refractivity (Wildman–Crippen MR) is 119 cm³/mol. The molecule has 3 rings (SSSR count). The Morgan fingerprint density at radius 3 is 1.83 bits per heavy atom. The first-order valence-electron chi connectivity index (χ1n) is 9.94. The van der Waals surface area contributed by atoms with Gasteiger partial charge in [-0.05, 0) is 45.9 Å². The lowest BCUT2D eigenvalue weighted by molar-refractivity contribution is 0.0728. The van der Waals surface area contributed by atoms with Crippen LogP contribution in [0.1, 0.15) is 63.0 Å². The highest BCUT2D eigenvalue weighted by Crippen LogP contribution is 2.42. The maximum Gasteiger partial charge on any atom is 0.343 e. The van der Waals surface area contributed by atoms with Gasteiger partial charge in [0.05, 0.1) is 12.7 Å². The van der Waals surface area contributed by atoms with E-state index in [1.54, 1.807) is 7.11 Å². The summed E-state index contributed by atoms with van der Waals surface area (Å²) in [5.41, 5.74) is 2.02. The summed E-state index contributed by atoms with van der Waals surface area (Å²) in [7, 11) is 1.66. The molecule has 0 aromatic heterocycles. The second-order valence-corrected chi connectivity index (χ2v) is 9.50. The van der Waals surface area contributed by atoms with Crippen LogP contribution in [0, 0.1) is 0 Å². The Morgan fingerprint density at radius 2 is 1.31 bits per heavy atom. The summed E-state index contributed by atoms with van der Waals surface area (Å²) in [6, 6.07) is 17.6. The molecule has 0 spiro atoms. The lowest BCUT2D eigenvalue weighted by atomic mass is 9.79. The largest absolute Gasteiger partial charge is 0.497 e. The van der Waals surface area contributed by atoms with Crippen LogP contribution < -0.4 is 9.47 Å². The van der Waals surface area contributed by atoms with Gasteiger partial charge < -0.3 is 9.47 Å². The Hall–Kier alpha value is -2.81. The van der Waals surface area contributed by atoms with Crippen LogP contribution >= 0.6 is 0 Å². The van der Waals surface area contributed by atoms with Crippen molar-refractivity contribution in [2.24, 2.45) is 0 Å². The zero-order valence-electron chi connectivity index (χ0n) is 18.4. The fourth-order valence-electron chi connectivity index (χ4n) is 3.41. The van der Waals surface area contributed by atoms with E-state index in [0.29, 0.717) is 11.3 Å². The van der Waals surface area contributed by atoms with Crippen molar-refractivity contribution in [3.8, 4) is 11.5 Å². The molecule has 0 atom stereocenters. The minimum atomic E-state index is -0.350. The van der Waals surface area contributed by atoms with Gasteiger partial charge in [0, 0.05) is 11.1 Å². The Bertz CT molecular complexity index is 1010. The predicted octanol–water partition coefficient (Wildman–Crippen LogP) is 6.66. The fraction of sp³-hybridized carbons (Fsp3) is 0.346. The van der Waals surface area contributed by atoms with E-state index in [-0.39, 0.29) is 16.8 Å². The molecule has 0 amide bonds. The highest BCUT2D eigenvalue weighted by Gasteiger charge is 2.30. The number of carbonyl (C=O) groups excluding carboxylic acids is 1. The summed E-state index contributed by atoms with van der Waals surface area (Å²) < 4.78 is 11.6. The van der Waals surface area contributed by atoms with Crippen molar-refractivity contribution in [2.75, 3.05) is 7.11 Å². The molecule has 0 unspecified atom stereocenters. The number of fused-ring (bicyclic) bond motifs is 1. The van der Waals surface area contributed by atoms with Crippen molar-refractivity contribution in [3.63, 3.8) is 0 Å². The Kier molecular flexibility index (Phi) is 5.44. The van der Waals surface area contributed by atoms with Crippen molar-refractivity contribution in [1.29, 1.82) is 0 Å². The Morgan fingerprint density at radius 1 is 0.759 bits per heavy atom. The number of benzene rings is 3. The molecule has 0 fully saturated rings. The van der Waals surface area contributed by atoms with Crippen molar-refractivity contribution in [3.05, 3.63) is 71.3 Å². The molecule has 0 heterocycles. The van der Waals surface area contributed by atoms with Gasteiger partial charge in [0.15, 0.2) is 0 Å². The van der Waals surface area contributed by atoms with Crippen LogP contribution in [0.2, 0.25) is 0 Å². The number of esters is 1. The molecule has 152 valence electrons. The Balaban J connectivity index is 2.11. The zero-order chi connectivity index (χ0) is 21.4. The normalized spacial score (nSPS) is 12.1. The zero-order valence-corrected chi connectivity index (χ0v) is 18.4. The quantitative estimate of drug-likeness (QED) is 0.370. The highest BCUT2D eigenvalue weighted by molar-refractivity contribution is 5.96. The van der Waals surface area contributed by atoms with Crippen molar-refractivity contribution >= 4 is 16.7 Å². The first-order chi connectivity index (χ1) is 13.5. The summed E-state index contributed by atoms with van der Waals surface area (Å²) >= 11 is 0. The molecule has 0 aliphatic rings. The van der Waals surface area contributed by atoms with Crippen LogP contribution in [-0.2, 0) is 10.8 Å². The summed E-state index contributed by atoms with van der Waals surface area (Å²) in [6.45, 7) is 12.7. The van der Waals surface area contributed by atoms with E-state index in [1.807, 2.05) is 54.6 Å². The third-order valence-electron chi connectivity index (χ3n) is 5.09. The fourth-order valence-corrected chi connectivity index (χ4v) is 3.41. The smallest absolute Gasteiger partial charge is 0.343 e. The monoisotopic (exact) mass is 390 g/mol. The van der Waals surface area contributed by atoms with Gasteiger partial charge in [0.25, 0.3) is 0 Å². The molecular formula is C26H30O3. The molecule has 29 heavy (non-hydrogen) atoms. The number of ether oxygens (including phenoxy) is 2. The maximum absolute atomic E-state index is 13.1. The Labute approximate surface area is 173 Å². The van der Waals surface area contributed by atoms with Gasteiger partial charge in [-0.3, -0.25) is 0 Å². The SMILES string of the molecule is COc1cc(C(C)(C)C)c(OC(=O)c2ccc3ccccc3c2)c(C(C)(C)C)c1. The lowest BCUT2D eigenvalue weighted by Gasteiger charge is -2.29.